The summed E-state index contributed by atoms with van der Waals surface area (Å²) in [5, 5.41) is 15.0. The van der Waals surface area contributed by atoms with Crippen molar-refractivity contribution in [2.45, 2.75) is 26.7 Å². The van der Waals surface area contributed by atoms with Crippen LogP contribution in [0.1, 0.15) is 30.7 Å². The Hall–Kier alpha value is -3.83. The first-order valence-electron chi connectivity index (χ1n) is 11.7. The van der Waals surface area contributed by atoms with Gasteiger partial charge in [0.1, 0.15) is 5.75 Å². The molecule has 0 aliphatic carbocycles. The number of nitrogens with zero attached hydrogens (tertiary/aromatic N) is 2. The molecule has 3 aromatic carbocycles. The number of carboxylic acids is 1. The number of aromatic nitrogens is 2. The smallest absolute Gasteiger partial charge is 0.312 e. The van der Waals surface area contributed by atoms with Gasteiger partial charge in [0.2, 0.25) is 0 Å². The molecule has 0 saturated heterocycles. The van der Waals surface area contributed by atoms with E-state index in [0.29, 0.717) is 6.42 Å². The number of allylic oxidation sites excluding steroid dienone is 1. The third-order valence-electron chi connectivity index (χ3n) is 6.07. The number of carboxylic acid groups (broad SMARTS) is 1. The highest BCUT2D eigenvalue weighted by molar-refractivity contribution is 6.31. The molecule has 0 bridgehead atoms. The number of hydrogen-bond acceptors (Lipinski definition) is 3. The Morgan fingerprint density at radius 2 is 1.81 bits per heavy atom. The Kier molecular flexibility index (Phi) is 7.61. The molecule has 0 aliphatic heterocycles. The molecule has 36 heavy (non-hydrogen) atoms. The Bertz CT molecular complexity index is 1390. The average molecular weight is 501 g/mol. The monoisotopic (exact) mass is 500 g/mol. The molecule has 1 N–H and O–H groups in total. The van der Waals surface area contributed by atoms with Crippen molar-refractivity contribution in [2.75, 3.05) is 7.11 Å². The largest absolute Gasteiger partial charge is 0.497 e. The summed E-state index contributed by atoms with van der Waals surface area (Å²) in [6.45, 7) is 3.35. The van der Waals surface area contributed by atoms with E-state index in [4.69, 9.17) is 21.4 Å². The number of halogens is 1. The van der Waals surface area contributed by atoms with E-state index in [9.17, 15) is 9.90 Å². The normalized spacial score (nSPS) is 11.7. The van der Waals surface area contributed by atoms with Gasteiger partial charge >= 0.3 is 5.97 Å². The van der Waals surface area contributed by atoms with E-state index < -0.39 is 11.4 Å². The molecular weight excluding hydrogens is 472 g/mol. The van der Waals surface area contributed by atoms with Crippen molar-refractivity contribution >= 4 is 17.6 Å². The fourth-order valence-electron chi connectivity index (χ4n) is 3.88. The molecule has 4 rings (SSSR count). The van der Waals surface area contributed by atoms with Gasteiger partial charge in [0, 0.05) is 17.0 Å². The predicted octanol–water partition coefficient (Wildman–Crippen LogP) is 7.00. The zero-order valence-electron chi connectivity index (χ0n) is 20.6. The summed E-state index contributed by atoms with van der Waals surface area (Å²) in [4.78, 5) is 11.4. The number of benzene rings is 3. The van der Waals surface area contributed by atoms with E-state index in [-0.39, 0.29) is 0 Å². The zero-order valence-corrected chi connectivity index (χ0v) is 21.4. The summed E-state index contributed by atoms with van der Waals surface area (Å²) in [7, 11) is 1.65. The summed E-state index contributed by atoms with van der Waals surface area (Å²) in [5.41, 5.74) is 4.97. The highest BCUT2D eigenvalue weighted by Gasteiger charge is 2.23. The van der Waals surface area contributed by atoms with Crippen LogP contribution >= 0.6 is 11.6 Å². The molecule has 0 unspecified atom stereocenters. The molecule has 4 aromatic rings. The summed E-state index contributed by atoms with van der Waals surface area (Å²) in [6.07, 6.45) is 4.84. The van der Waals surface area contributed by atoms with E-state index in [0.717, 1.165) is 51.0 Å². The second-order valence-corrected chi connectivity index (χ2v) is 9.64. The van der Waals surface area contributed by atoms with Gasteiger partial charge in [-0.1, -0.05) is 66.2 Å². The second kappa shape index (κ2) is 10.8. The van der Waals surface area contributed by atoms with E-state index in [1.807, 2.05) is 65.4 Å². The number of ether oxygens (including phenoxy) is 1. The molecule has 0 spiro atoms. The molecule has 1 heterocycles. The molecule has 0 amide bonds. The minimum absolute atomic E-state index is 0.519. The number of methoxy groups -OCH3 is 1. The van der Waals surface area contributed by atoms with E-state index in [2.05, 4.69) is 24.3 Å². The molecule has 0 radical (unpaired) electrons. The van der Waals surface area contributed by atoms with Gasteiger partial charge < -0.3 is 9.84 Å². The SMILES string of the molecule is COc1cccc(-c2cc(C/C=C/C(C)(C)C(=O)O)nn2-c2ccc(Cc3ccccc3Cl)cc2)c1. The van der Waals surface area contributed by atoms with Gasteiger partial charge in [0.05, 0.1) is 29.6 Å². The summed E-state index contributed by atoms with van der Waals surface area (Å²) in [5.74, 6) is -0.0989. The van der Waals surface area contributed by atoms with Gasteiger partial charge in [0.15, 0.2) is 0 Å². The molecule has 5 nitrogen and oxygen atoms in total. The van der Waals surface area contributed by atoms with Crippen LogP contribution in [0.4, 0.5) is 0 Å². The van der Waals surface area contributed by atoms with Crippen LogP contribution in [0.3, 0.4) is 0 Å². The maximum absolute atomic E-state index is 11.4. The lowest BCUT2D eigenvalue weighted by Gasteiger charge is -2.12. The van der Waals surface area contributed by atoms with Crippen LogP contribution in [0.2, 0.25) is 5.02 Å². The summed E-state index contributed by atoms with van der Waals surface area (Å²) in [6, 6.07) is 26.0. The van der Waals surface area contributed by atoms with Crippen LogP contribution < -0.4 is 4.74 Å². The molecule has 0 aliphatic rings. The van der Waals surface area contributed by atoms with Gasteiger partial charge in [-0.25, -0.2) is 4.68 Å². The summed E-state index contributed by atoms with van der Waals surface area (Å²) >= 11 is 6.34. The van der Waals surface area contributed by atoms with Crippen molar-refractivity contribution in [3.63, 3.8) is 0 Å². The zero-order chi connectivity index (χ0) is 25.7. The summed E-state index contributed by atoms with van der Waals surface area (Å²) < 4.78 is 7.34. The lowest BCUT2D eigenvalue weighted by molar-refractivity contribution is -0.144. The third-order valence-corrected chi connectivity index (χ3v) is 6.44. The lowest BCUT2D eigenvalue weighted by atomic mass is 9.93. The molecule has 0 saturated carbocycles. The Morgan fingerprint density at radius 3 is 2.50 bits per heavy atom. The molecule has 0 atom stereocenters. The highest BCUT2D eigenvalue weighted by Crippen LogP contribution is 2.28. The number of rotatable bonds is 9. The quantitative estimate of drug-likeness (QED) is 0.251. The highest BCUT2D eigenvalue weighted by atomic mass is 35.5. The van der Waals surface area contributed by atoms with Crippen molar-refractivity contribution in [2.24, 2.45) is 5.41 Å². The van der Waals surface area contributed by atoms with E-state index in [1.54, 1.807) is 27.0 Å². The van der Waals surface area contributed by atoms with Gasteiger partial charge in [-0.3, -0.25) is 4.79 Å². The average Bonchev–Trinajstić information content (AvgIpc) is 3.30. The molecule has 0 fully saturated rings. The van der Waals surface area contributed by atoms with E-state index >= 15 is 0 Å². The van der Waals surface area contributed by atoms with Crippen molar-refractivity contribution in [1.29, 1.82) is 0 Å². The molecule has 6 heteroatoms. The number of aliphatic carboxylic acids is 1. The predicted molar refractivity (Wildman–Crippen MR) is 144 cm³/mol. The van der Waals surface area contributed by atoms with Crippen molar-refractivity contribution in [1.82, 2.24) is 9.78 Å². The maximum atomic E-state index is 11.4. The van der Waals surface area contributed by atoms with Crippen molar-refractivity contribution in [3.05, 3.63) is 113 Å². The second-order valence-electron chi connectivity index (χ2n) is 9.23. The maximum Gasteiger partial charge on any atom is 0.312 e. The number of hydrogen-bond donors (Lipinski definition) is 1. The Labute approximate surface area is 216 Å². The topological polar surface area (TPSA) is 64.3 Å². The minimum atomic E-state index is -0.935. The Balaban J connectivity index is 1.67. The van der Waals surface area contributed by atoms with E-state index in [1.165, 1.54) is 0 Å². The molecule has 184 valence electrons. The Morgan fingerprint density at radius 1 is 1.06 bits per heavy atom. The van der Waals surface area contributed by atoms with Gasteiger partial charge in [-0.15, -0.1) is 0 Å². The van der Waals surface area contributed by atoms with Gasteiger partial charge in [0.25, 0.3) is 0 Å². The van der Waals surface area contributed by atoms with Crippen LogP contribution in [0.15, 0.2) is 91.0 Å². The molecular formula is C30H29ClN2O3. The van der Waals surface area contributed by atoms with Crippen LogP contribution in [0.5, 0.6) is 5.75 Å². The first-order chi connectivity index (χ1) is 17.3. The lowest BCUT2D eigenvalue weighted by Crippen LogP contribution is -2.20. The minimum Gasteiger partial charge on any atom is -0.497 e. The van der Waals surface area contributed by atoms with Crippen LogP contribution in [0.25, 0.3) is 16.9 Å². The van der Waals surface area contributed by atoms with Crippen LogP contribution in [-0.2, 0) is 17.6 Å². The number of carbonyl (C=O) groups is 1. The fourth-order valence-corrected chi connectivity index (χ4v) is 4.08. The van der Waals surface area contributed by atoms with Crippen LogP contribution in [0, 0.1) is 5.41 Å². The fraction of sp³-hybridized carbons (Fsp3) is 0.200. The van der Waals surface area contributed by atoms with Crippen LogP contribution in [-0.4, -0.2) is 28.0 Å². The molecule has 1 aromatic heterocycles. The first kappa shape index (κ1) is 25.3. The first-order valence-corrected chi connectivity index (χ1v) is 12.1. The standard InChI is InChI=1S/C30H29ClN2O3/c1-30(2,29(34)35)17-7-10-24-20-28(23-9-6-11-26(19-23)36-3)33(32-24)25-15-13-21(14-16-25)18-22-8-4-5-12-27(22)31/h4-9,11-17,19-20H,10,18H2,1-3H3,(H,34,35)/b17-7+. The van der Waals surface area contributed by atoms with Gasteiger partial charge in [-0.2, -0.15) is 5.10 Å². The van der Waals surface area contributed by atoms with Gasteiger partial charge in [-0.05, 0) is 67.8 Å². The third kappa shape index (κ3) is 5.86. The van der Waals surface area contributed by atoms with Crippen molar-refractivity contribution < 1.29 is 14.6 Å². The van der Waals surface area contributed by atoms with Crippen molar-refractivity contribution in [3.8, 4) is 22.7 Å².